The summed E-state index contributed by atoms with van der Waals surface area (Å²) in [5, 5.41) is 13.8. The van der Waals surface area contributed by atoms with Crippen LogP contribution in [-0.4, -0.2) is 69.2 Å². The third-order valence-electron chi connectivity index (χ3n) is 5.72. The second kappa shape index (κ2) is 11.6. The molecule has 1 atom stereocenters. The van der Waals surface area contributed by atoms with E-state index in [1.807, 2.05) is 12.1 Å². The van der Waals surface area contributed by atoms with Crippen molar-refractivity contribution in [2.75, 3.05) is 53.1 Å². The summed E-state index contributed by atoms with van der Waals surface area (Å²) in [4.78, 5) is 2.20. The molecule has 28 heavy (non-hydrogen) atoms. The van der Waals surface area contributed by atoms with Gasteiger partial charge in [-0.05, 0) is 43.0 Å². The Labute approximate surface area is 169 Å². The van der Waals surface area contributed by atoms with Gasteiger partial charge in [-0.2, -0.15) is 0 Å². The van der Waals surface area contributed by atoms with Gasteiger partial charge in [0.05, 0.1) is 20.3 Å². The molecule has 0 radical (unpaired) electrons. The molecule has 0 amide bonds. The zero-order chi connectivity index (χ0) is 19.6. The van der Waals surface area contributed by atoms with Crippen molar-refractivity contribution in [3.63, 3.8) is 0 Å². The Morgan fingerprint density at radius 3 is 2.71 bits per heavy atom. The van der Waals surface area contributed by atoms with E-state index in [0.717, 1.165) is 51.1 Å². The molecular formula is C22H36N2O4. The molecular weight excluding hydrogens is 356 g/mol. The summed E-state index contributed by atoms with van der Waals surface area (Å²) in [6.07, 6.45) is 6.34. The number of nitrogens with zero attached hydrogens (tertiary/aromatic N) is 1. The van der Waals surface area contributed by atoms with Crippen LogP contribution in [0.1, 0.15) is 37.7 Å². The first kappa shape index (κ1) is 21.4. The summed E-state index contributed by atoms with van der Waals surface area (Å²) in [5.41, 5.74) is 1.19. The lowest BCUT2D eigenvalue weighted by molar-refractivity contribution is 0.00445. The number of hydrogen-bond donors (Lipinski definition) is 2. The molecule has 3 rings (SSSR count). The molecule has 0 bridgehead atoms. The lowest BCUT2D eigenvalue weighted by Crippen LogP contribution is -2.42. The number of morpholine rings is 1. The van der Waals surface area contributed by atoms with E-state index in [9.17, 15) is 5.11 Å². The van der Waals surface area contributed by atoms with Crippen molar-refractivity contribution in [3.05, 3.63) is 23.8 Å². The van der Waals surface area contributed by atoms with Gasteiger partial charge in [-0.1, -0.05) is 25.3 Å². The Hall–Kier alpha value is -1.34. The smallest absolute Gasteiger partial charge is 0.161 e. The Bertz CT molecular complexity index is 572. The fourth-order valence-corrected chi connectivity index (χ4v) is 4.07. The molecule has 1 aromatic carbocycles. The third kappa shape index (κ3) is 6.92. The lowest BCUT2D eigenvalue weighted by Gasteiger charge is -2.28. The Balaban J connectivity index is 1.42. The van der Waals surface area contributed by atoms with Gasteiger partial charge >= 0.3 is 0 Å². The number of aliphatic hydroxyl groups excluding tert-OH is 1. The molecule has 1 saturated heterocycles. The molecule has 158 valence electrons. The summed E-state index contributed by atoms with van der Waals surface area (Å²) in [7, 11) is 1.66. The van der Waals surface area contributed by atoms with Gasteiger partial charge in [-0.25, -0.2) is 0 Å². The van der Waals surface area contributed by atoms with Gasteiger partial charge in [0.25, 0.3) is 0 Å². The zero-order valence-electron chi connectivity index (χ0n) is 17.2. The van der Waals surface area contributed by atoms with E-state index in [1.165, 1.54) is 37.7 Å². The standard InChI is InChI=1S/C22H36N2O4/c1-26-22-13-19(15-23-14-18-5-3-2-4-6-18)7-8-21(22)28-17-20(25)16-24-9-11-27-12-10-24/h7-8,13,18,20,23,25H,2-6,9-12,14-17H2,1H3/t20-/m1/s1. The normalized spacial score (nSPS) is 20.1. The minimum absolute atomic E-state index is 0.257. The minimum Gasteiger partial charge on any atom is -0.493 e. The van der Waals surface area contributed by atoms with Gasteiger partial charge < -0.3 is 24.6 Å². The molecule has 6 nitrogen and oxygen atoms in total. The predicted octanol–water partition coefficient (Wildman–Crippen LogP) is 2.44. The largest absolute Gasteiger partial charge is 0.493 e. The third-order valence-corrected chi connectivity index (χ3v) is 5.72. The number of benzene rings is 1. The van der Waals surface area contributed by atoms with E-state index in [0.29, 0.717) is 12.3 Å². The van der Waals surface area contributed by atoms with E-state index >= 15 is 0 Å². The number of β-amino-alcohol motifs (C(OH)–C–C–N with tert-alkyl or cyclic N) is 1. The van der Waals surface area contributed by atoms with Crippen LogP contribution in [0.2, 0.25) is 0 Å². The molecule has 1 saturated carbocycles. The summed E-state index contributed by atoms with van der Waals surface area (Å²) in [6.45, 7) is 5.99. The number of nitrogens with one attached hydrogen (secondary N) is 1. The number of aliphatic hydroxyl groups is 1. The van der Waals surface area contributed by atoms with Crippen molar-refractivity contribution in [3.8, 4) is 11.5 Å². The SMILES string of the molecule is COc1cc(CNCC2CCCCC2)ccc1OC[C@H](O)CN1CCOCC1. The molecule has 1 aliphatic carbocycles. The number of rotatable bonds is 10. The molecule has 1 aliphatic heterocycles. The van der Waals surface area contributed by atoms with Crippen molar-refractivity contribution in [1.29, 1.82) is 0 Å². The van der Waals surface area contributed by atoms with Crippen molar-refractivity contribution in [2.45, 2.75) is 44.8 Å². The van der Waals surface area contributed by atoms with Gasteiger partial charge in [0.2, 0.25) is 0 Å². The van der Waals surface area contributed by atoms with Crippen LogP contribution in [0, 0.1) is 5.92 Å². The van der Waals surface area contributed by atoms with Gasteiger partial charge in [-0.3, -0.25) is 4.90 Å². The van der Waals surface area contributed by atoms with Crippen molar-refractivity contribution < 1.29 is 19.3 Å². The van der Waals surface area contributed by atoms with Crippen LogP contribution in [0.15, 0.2) is 18.2 Å². The monoisotopic (exact) mass is 392 g/mol. The van der Waals surface area contributed by atoms with Crippen LogP contribution in [0.4, 0.5) is 0 Å². The molecule has 0 unspecified atom stereocenters. The molecule has 1 heterocycles. The highest BCUT2D eigenvalue weighted by atomic mass is 16.5. The maximum absolute atomic E-state index is 10.3. The molecule has 1 aromatic rings. The van der Waals surface area contributed by atoms with E-state index in [4.69, 9.17) is 14.2 Å². The van der Waals surface area contributed by atoms with Crippen LogP contribution < -0.4 is 14.8 Å². The number of methoxy groups -OCH3 is 1. The predicted molar refractivity (Wildman–Crippen MR) is 110 cm³/mol. The van der Waals surface area contributed by atoms with Crippen molar-refractivity contribution in [2.24, 2.45) is 5.92 Å². The highest BCUT2D eigenvalue weighted by Crippen LogP contribution is 2.28. The van der Waals surface area contributed by atoms with Gasteiger partial charge in [-0.15, -0.1) is 0 Å². The zero-order valence-corrected chi connectivity index (χ0v) is 17.2. The second-order valence-corrected chi connectivity index (χ2v) is 8.00. The van der Waals surface area contributed by atoms with Crippen LogP contribution in [-0.2, 0) is 11.3 Å². The average Bonchev–Trinajstić information content (AvgIpc) is 2.74. The fourth-order valence-electron chi connectivity index (χ4n) is 4.07. The van der Waals surface area contributed by atoms with Crippen molar-refractivity contribution >= 4 is 0 Å². The van der Waals surface area contributed by atoms with E-state index in [2.05, 4.69) is 16.3 Å². The molecule has 0 aromatic heterocycles. The molecule has 6 heteroatoms. The van der Waals surface area contributed by atoms with Crippen molar-refractivity contribution in [1.82, 2.24) is 10.2 Å². The van der Waals surface area contributed by atoms with Crippen LogP contribution >= 0.6 is 0 Å². The Morgan fingerprint density at radius 1 is 1.18 bits per heavy atom. The first-order valence-electron chi connectivity index (χ1n) is 10.7. The van der Waals surface area contributed by atoms with Gasteiger partial charge in [0, 0.05) is 26.2 Å². The Kier molecular flexibility index (Phi) is 8.86. The first-order valence-corrected chi connectivity index (χ1v) is 10.7. The lowest BCUT2D eigenvalue weighted by atomic mass is 9.89. The minimum atomic E-state index is -0.528. The molecule has 2 N–H and O–H groups in total. The van der Waals surface area contributed by atoms with Crippen LogP contribution in [0.3, 0.4) is 0 Å². The van der Waals surface area contributed by atoms with E-state index < -0.39 is 6.10 Å². The highest BCUT2D eigenvalue weighted by Gasteiger charge is 2.16. The second-order valence-electron chi connectivity index (χ2n) is 8.00. The number of hydrogen-bond acceptors (Lipinski definition) is 6. The average molecular weight is 393 g/mol. The summed E-state index contributed by atoms with van der Waals surface area (Å²) in [5.74, 6) is 2.22. The van der Waals surface area contributed by atoms with Crippen LogP contribution in [0.25, 0.3) is 0 Å². The molecule has 0 spiro atoms. The summed E-state index contributed by atoms with van der Waals surface area (Å²) in [6, 6.07) is 6.04. The summed E-state index contributed by atoms with van der Waals surface area (Å²) < 4.78 is 16.7. The van der Waals surface area contributed by atoms with Crippen LogP contribution in [0.5, 0.6) is 11.5 Å². The molecule has 2 fully saturated rings. The van der Waals surface area contributed by atoms with E-state index in [1.54, 1.807) is 7.11 Å². The highest BCUT2D eigenvalue weighted by molar-refractivity contribution is 5.43. The number of ether oxygens (including phenoxy) is 3. The maximum atomic E-state index is 10.3. The van der Waals surface area contributed by atoms with Gasteiger partial charge in [0.15, 0.2) is 11.5 Å². The fraction of sp³-hybridized carbons (Fsp3) is 0.727. The molecule has 2 aliphatic rings. The topological polar surface area (TPSA) is 63.2 Å². The van der Waals surface area contributed by atoms with E-state index in [-0.39, 0.29) is 6.61 Å². The maximum Gasteiger partial charge on any atom is 0.161 e. The summed E-state index contributed by atoms with van der Waals surface area (Å²) >= 11 is 0. The first-order chi connectivity index (χ1) is 13.7. The van der Waals surface area contributed by atoms with Gasteiger partial charge in [0.1, 0.15) is 12.7 Å². The Morgan fingerprint density at radius 2 is 1.96 bits per heavy atom. The quantitative estimate of drug-likeness (QED) is 0.638.